The van der Waals surface area contributed by atoms with Gasteiger partial charge in [-0.3, -0.25) is 0 Å². The Morgan fingerprint density at radius 2 is 1.89 bits per heavy atom. The summed E-state index contributed by atoms with van der Waals surface area (Å²) in [6.07, 6.45) is -7.18. The summed E-state index contributed by atoms with van der Waals surface area (Å²) in [4.78, 5) is 23.6. The number of unbranched alkanes of at least 4 members (excludes halogenated alkanes) is 1. The summed E-state index contributed by atoms with van der Waals surface area (Å²) < 4.78 is 16.5. The third-order valence-electron chi connectivity index (χ3n) is 4.79. The fourth-order valence-corrected chi connectivity index (χ4v) is 3.33. The topological polar surface area (TPSA) is 143 Å². The maximum absolute atomic E-state index is 12.3. The predicted octanol–water partition coefficient (Wildman–Crippen LogP) is 0.109. The molecule has 1 unspecified atom stereocenters. The van der Waals surface area contributed by atoms with Gasteiger partial charge in [0, 0.05) is 12.0 Å². The molecule has 1 saturated heterocycles. The van der Waals surface area contributed by atoms with E-state index in [0.717, 1.165) is 6.42 Å². The first-order valence-electron chi connectivity index (χ1n) is 8.74. The average Bonchev–Trinajstić information content (AvgIpc) is 2.93. The largest absolute Gasteiger partial charge is 0.479 e. The molecule has 9 heteroatoms. The molecule has 2 heterocycles. The highest BCUT2D eigenvalue weighted by atomic mass is 16.8. The van der Waals surface area contributed by atoms with E-state index in [1.807, 2.05) is 6.92 Å². The predicted molar refractivity (Wildman–Crippen MR) is 88.5 cm³/mol. The van der Waals surface area contributed by atoms with E-state index in [1.54, 1.807) is 24.3 Å². The van der Waals surface area contributed by atoms with Crippen molar-refractivity contribution < 1.29 is 44.2 Å². The van der Waals surface area contributed by atoms with E-state index < -0.39 is 48.4 Å². The molecule has 148 valence electrons. The van der Waals surface area contributed by atoms with Gasteiger partial charge >= 0.3 is 11.9 Å². The van der Waals surface area contributed by atoms with Gasteiger partial charge in [0.25, 0.3) is 0 Å². The minimum absolute atomic E-state index is 0.245. The maximum Gasteiger partial charge on any atom is 0.341 e. The molecular formula is C18H22O9. The molecule has 3 rings (SSSR count). The average molecular weight is 382 g/mol. The number of esters is 1. The summed E-state index contributed by atoms with van der Waals surface area (Å²) >= 11 is 0. The molecule has 9 nitrogen and oxygen atoms in total. The highest BCUT2D eigenvalue weighted by molar-refractivity contribution is 5.94. The summed E-state index contributed by atoms with van der Waals surface area (Å²) in [6, 6.07) is 6.58. The lowest BCUT2D eigenvalue weighted by Gasteiger charge is -2.42. The smallest absolute Gasteiger partial charge is 0.341 e. The van der Waals surface area contributed by atoms with Gasteiger partial charge in [-0.2, -0.15) is 0 Å². The van der Waals surface area contributed by atoms with Crippen LogP contribution in [0.2, 0.25) is 0 Å². The SMILES string of the molecule is CCCCC1(O[C@@H]2O[C@H](C(=O)O)[C@@H](O)[C@H](O)[C@H]2O)OC(=O)c2ccccc21. The van der Waals surface area contributed by atoms with Gasteiger partial charge in [-0.05, 0) is 12.5 Å². The highest BCUT2D eigenvalue weighted by Gasteiger charge is 2.54. The van der Waals surface area contributed by atoms with Gasteiger partial charge in [0.1, 0.15) is 18.3 Å². The lowest BCUT2D eigenvalue weighted by atomic mass is 9.96. The van der Waals surface area contributed by atoms with Crippen molar-refractivity contribution in [3.8, 4) is 0 Å². The molecule has 6 atom stereocenters. The Kier molecular flexibility index (Phi) is 5.50. The van der Waals surface area contributed by atoms with Gasteiger partial charge in [0.15, 0.2) is 12.4 Å². The number of carbonyl (C=O) groups excluding carboxylic acids is 1. The van der Waals surface area contributed by atoms with Crippen LogP contribution in [0.25, 0.3) is 0 Å². The number of carboxylic acids is 1. The third kappa shape index (κ3) is 3.44. The van der Waals surface area contributed by atoms with Crippen molar-refractivity contribution in [3.05, 3.63) is 35.4 Å². The number of aliphatic carboxylic acids is 1. The Labute approximate surface area is 155 Å². The Morgan fingerprint density at radius 1 is 1.19 bits per heavy atom. The summed E-state index contributed by atoms with van der Waals surface area (Å²) in [7, 11) is 0. The van der Waals surface area contributed by atoms with E-state index in [0.29, 0.717) is 17.5 Å². The fraction of sp³-hybridized carbons (Fsp3) is 0.556. The number of hydrogen-bond acceptors (Lipinski definition) is 8. The molecule has 0 bridgehead atoms. The summed E-state index contributed by atoms with van der Waals surface area (Å²) in [5.41, 5.74) is 0.737. The van der Waals surface area contributed by atoms with Crippen LogP contribution >= 0.6 is 0 Å². The van der Waals surface area contributed by atoms with Gasteiger partial charge in [0.05, 0.1) is 5.56 Å². The zero-order valence-electron chi connectivity index (χ0n) is 14.6. The zero-order chi connectivity index (χ0) is 19.8. The number of aliphatic hydroxyl groups excluding tert-OH is 3. The quantitative estimate of drug-likeness (QED) is 0.504. The molecule has 27 heavy (non-hydrogen) atoms. The Balaban J connectivity index is 1.94. The second kappa shape index (κ2) is 7.53. The van der Waals surface area contributed by atoms with Gasteiger partial charge < -0.3 is 34.6 Å². The van der Waals surface area contributed by atoms with Crippen LogP contribution in [-0.4, -0.2) is 63.1 Å². The van der Waals surface area contributed by atoms with Crippen molar-refractivity contribution in [1.82, 2.24) is 0 Å². The third-order valence-corrected chi connectivity index (χ3v) is 4.79. The molecule has 2 aliphatic rings. The second-order valence-corrected chi connectivity index (χ2v) is 6.64. The van der Waals surface area contributed by atoms with Crippen molar-refractivity contribution in [2.75, 3.05) is 0 Å². The molecule has 4 N–H and O–H groups in total. The van der Waals surface area contributed by atoms with E-state index >= 15 is 0 Å². The Hall–Kier alpha value is -2.04. The second-order valence-electron chi connectivity index (χ2n) is 6.64. The molecule has 0 saturated carbocycles. The fourth-order valence-electron chi connectivity index (χ4n) is 3.33. The van der Waals surface area contributed by atoms with Crippen LogP contribution in [0.3, 0.4) is 0 Å². The van der Waals surface area contributed by atoms with Crippen LogP contribution in [0.1, 0.15) is 42.1 Å². The minimum Gasteiger partial charge on any atom is -0.479 e. The first-order valence-corrected chi connectivity index (χ1v) is 8.74. The number of carbonyl (C=O) groups is 2. The van der Waals surface area contributed by atoms with Crippen LogP contribution in [0.5, 0.6) is 0 Å². The molecule has 0 aliphatic carbocycles. The molecule has 0 aromatic heterocycles. The minimum atomic E-state index is -1.83. The van der Waals surface area contributed by atoms with Gasteiger partial charge in [-0.25, -0.2) is 9.59 Å². The molecular weight excluding hydrogens is 360 g/mol. The number of cyclic esters (lactones) is 1. The molecule has 0 amide bonds. The van der Waals surface area contributed by atoms with Crippen LogP contribution in [0.15, 0.2) is 24.3 Å². The van der Waals surface area contributed by atoms with Crippen LogP contribution < -0.4 is 0 Å². The molecule has 0 radical (unpaired) electrons. The molecule has 0 spiro atoms. The molecule has 1 fully saturated rings. The van der Waals surface area contributed by atoms with Gasteiger partial charge in [-0.15, -0.1) is 0 Å². The number of ether oxygens (including phenoxy) is 3. The zero-order valence-corrected chi connectivity index (χ0v) is 14.6. The van der Waals surface area contributed by atoms with Crippen molar-refractivity contribution in [3.63, 3.8) is 0 Å². The van der Waals surface area contributed by atoms with Crippen LogP contribution in [0.4, 0.5) is 0 Å². The van der Waals surface area contributed by atoms with Gasteiger partial charge in [0.2, 0.25) is 5.79 Å². The van der Waals surface area contributed by atoms with E-state index in [9.17, 15) is 30.0 Å². The van der Waals surface area contributed by atoms with E-state index in [1.165, 1.54) is 0 Å². The monoisotopic (exact) mass is 382 g/mol. The van der Waals surface area contributed by atoms with Crippen molar-refractivity contribution in [1.29, 1.82) is 0 Å². The van der Waals surface area contributed by atoms with Crippen molar-refractivity contribution >= 4 is 11.9 Å². The highest BCUT2D eigenvalue weighted by Crippen LogP contribution is 2.43. The summed E-state index contributed by atoms with van der Waals surface area (Å²) in [5.74, 6) is -3.71. The first kappa shape index (κ1) is 19.7. The number of fused-ring (bicyclic) bond motifs is 1. The van der Waals surface area contributed by atoms with Crippen LogP contribution in [0, 0.1) is 0 Å². The lowest BCUT2D eigenvalue weighted by Crippen LogP contribution is -2.61. The Bertz CT molecular complexity index is 721. The van der Waals surface area contributed by atoms with Crippen molar-refractivity contribution in [2.45, 2.75) is 62.7 Å². The summed E-state index contributed by atoms with van der Waals surface area (Å²) in [5, 5.41) is 39.2. The summed E-state index contributed by atoms with van der Waals surface area (Å²) in [6.45, 7) is 1.93. The molecule has 1 aromatic carbocycles. The maximum atomic E-state index is 12.3. The molecule has 1 aromatic rings. The number of hydrogen-bond donors (Lipinski definition) is 4. The number of aliphatic hydroxyl groups is 3. The lowest BCUT2D eigenvalue weighted by molar-refractivity contribution is -0.358. The van der Waals surface area contributed by atoms with E-state index in [4.69, 9.17) is 14.2 Å². The number of carboxylic acid groups (broad SMARTS) is 1. The van der Waals surface area contributed by atoms with Crippen LogP contribution in [-0.2, 0) is 24.8 Å². The van der Waals surface area contributed by atoms with Gasteiger partial charge in [-0.1, -0.05) is 31.5 Å². The van der Waals surface area contributed by atoms with E-state index in [2.05, 4.69) is 0 Å². The first-order chi connectivity index (χ1) is 12.8. The number of rotatable bonds is 6. The Morgan fingerprint density at radius 3 is 2.56 bits per heavy atom. The number of benzene rings is 1. The van der Waals surface area contributed by atoms with Crippen molar-refractivity contribution in [2.24, 2.45) is 0 Å². The van der Waals surface area contributed by atoms with E-state index in [-0.39, 0.29) is 6.42 Å². The standard InChI is InChI=1S/C18H22O9/c1-2-3-8-18(10-7-5-4-6-9(10)16(24)26-18)27-17-13(21)11(19)12(20)14(25-17)15(22)23/h4-7,11-14,17,19-21H,2-3,8H2,1H3,(H,22,23)/t11-,12-,13+,14-,17-,18?/m0/s1. The normalized spacial score (nSPS) is 35.6. The molecule has 2 aliphatic heterocycles.